The van der Waals surface area contributed by atoms with Crippen molar-refractivity contribution in [3.05, 3.63) is 22.8 Å². The molecule has 0 fully saturated rings. The largest absolute Gasteiger partial charge is 0.379 e. The Hall–Kier alpha value is 0.0900. The number of hydrogen-bond acceptors (Lipinski definition) is 2. The normalized spacial score (nSPS) is 21.4. The van der Waals surface area contributed by atoms with Gasteiger partial charge in [0, 0.05) is 13.1 Å². The van der Waals surface area contributed by atoms with Crippen LogP contribution in [0.25, 0.3) is 0 Å². The van der Waals surface area contributed by atoms with Gasteiger partial charge in [0.1, 0.15) is 0 Å². The van der Waals surface area contributed by atoms with E-state index in [1.807, 2.05) is 0 Å². The molecule has 11 heavy (non-hydrogen) atoms. The Morgan fingerprint density at radius 3 is 2.18 bits per heavy atom. The summed E-state index contributed by atoms with van der Waals surface area (Å²) in [5.74, 6) is 4.39. The van der Waals surface area contributed by atoms with Gasteiger partial charge in [-0.05, 0) is 36.6 Å². The molecule has 0 unspecified atom stereocenters. The van der Waals surface area contributed by atoms with E-state index in [0.29, 0.717) is 6.35 Å². The van der Waals surface area contributed by atoms with Crippen LogP contribution in [0.1, 0.15) is 13.8 Å². The van der Waals surface area contributed by atoms with E-state index in [1.165, 1.54) is 11.1 Å². The lowest BCUT2D eigenvalue weighted by molar-refractivity contribution is 0.256. The van der Waals surface area contributed by atoms with Crippen molar-refractivity contribution in [2.24, 2.45) is 0 Å². The van der Waals surface area contributed by atoms with Crippen molar-refractivity contribution in [3.63, 3.8) is 0 Å². The first-order valence-electron chi connectivity index (χ1n) is 3.54. The van der Waals surface area contributed by atoms with E-state index in [1.54, 1.807) is 7.11 Å². The molecule has 1 heterocycles. The molecule has 0 saturated heterocycles. The molecule has 0 spiro atoms. The Morgan fingerprint density at radius 1 is 1.36 bits per heavy atom. The molecule has 3 heteroatoms. The van der Waals surface area contributed by atoms with E-state index in [2.05, 4.69) is 25.5 Å². The summed E-state index contributed by atoms with van der Waals surface area (Å²) >= 11 is 5.45. The van der Waals surface area contributed by atoms with E-state index in [4.69, 9.17) is 16.5 Å². The minimum Gasteiger partial charge on any atom is -0.379 e. The third-order valence-corrected chi connectivity index (χ3v) is 5.04. The predicted octanol–water partition coefficient (Wildman–Crippen LogP) is 2.89. The summed E-state index contributed by atoms with van der Waals surface area (Å²) in [7, 11) is 1.71. The predicted molar refractivity (Wildman–Crippen MR) is 53.7 cm³/mol. The van der Waals surface area contributed by atoms with Gasteiger partial charge in [0.25, 0.3) is 0 Å². The van der Waals surface area contributed by atoms with Gasteiger partial charge in [0.05, 0.1) is 6.35 Å². The summed E-state index contributed by atoms with van der Waals surface area (Å²) in [4.78, 5) is 0. The molecule has 0 aromatic heterocycles. The fourth-order valence-corrected chi connectivity index (χ4v) is 4.78. The van der Waals surface area contributed by atoms with Gasteiger partial charge in [-0.25, -0.2) is 0 Å². The second kappa shape index (κ2) is 3.22. The first kappa shape index (κ1) is 9.18. The zero-order valence-electron chi connectivity index (χ0n) is 7.13. The van der Waals surface area contributed by atoms with Gasteiger partial charge >= 0.3 is 0 Å². The van der Waals surface area contributed by atoms with Crippen LogP contribution in [-0.4, -0.2) is 13.5 Å². The second-order valence-corrected chi connectivity index (χ2v) is 7.42. The van der Waals surface area contributed by atoms with Gasteiger partial charge in [0.2, 0.25) is 0 Å². The maximum Gasteiger partial charge on any atom is 0.0815 e. The lowest BCUT2D eigenvalue weighted by Gasteiger charge is -2.07. The molecule has 1 aliphatic rings. The van der Waals surface area contributed by atoms with E-state index in [9.17, 15) is 0 Å². The highest BCUT2D eigenvalue weighted by molar-refractivity contribution is 8.17. The van der Waals surface area contributed by atoms with Crippen molar-refractivity contribution >= 4 is 17.8 Å². The van der Waals surface area contributed by atoms with Gasteiger partial charge in [0.15, 0.2) is 0 Å². The van der Waals surface area contributed by atoms with Crippen LogP contribution in [0.2, 0.25) is 0 Å². The van der Waals surface area contributed by atoms with Crippen LogP contribution < -0.4 is 0 Å². The van der Waals surface area contributed by atoms with Crippen molar-refractivity contribution < 1.29 is 4.74 Å². The van der Waals surface area contributed by atoms with Crippen molar-refractivity contribution in [1.82, 2.24) is 0 Å². The summed E-state index contributed by atoms with van der Waals surface area (Å²) < 4.78 is 5.08. The summed E-state index contributed by atoms with van der Waals surface area (Å²) in [5, 5.41) is 0. The number of rotatable bonds is 2. The molecule has 0 N–H and O–H groups in total. The molecule has 1 rings (SSSR count). The Bertz CT molecular complexity index is 243. The van der Waals surface area contributed by atoms with Crippen molar-refractivity contribution in [1.29, 1.82) is 0 Å². The van der Waals surface area contributed by atoms with E-state index in [-0.39, 0.29) is 0 Å². The summed E-state index contributed by atoms with van der Waals surface area (Å²) in [5.41, 5.74) is 2.65. The Labute approximate surface area is 73.1 Å². The molecule has 0 atom stereocenters. The number of methoxy groups -OCH3 is 1. The fraction of sp³-hybridized carbons (Fsp3) is 0.500. The van der Waals surface area contributed by atoms with Gasteiger partial charge in [-0.1, -0.05) is 11.8 Å². The van der Waals surface area contributed by atoms with Crippen LogP contribution >= 0.6 is 6.04 Å². The monoisotopic (exact) mass is 188 g/mol. The minimum absolute atomic E-state index is 0.705. The molecule has 1 aliphatic heterocycles. The van der Waals surface area contributed by atoms with Crippen LogP contribution in [0.3, 0.4) is 0 Å². The SMILES string of the molecule is COCP1(=S)C=C(C)C(C)=C1. The number of hydrogen-bond donors (Lipinski definition) is 0. The van der Waals surface area contributed by atoms with Crippen LogP contribution in [-0.2, 0) is 16.5 Å². The zero-order valence-corrected chi connectivity index (χ0v) is 8.84. The molecular weight excluding hydrogens is 175 g/mol. The van der Waals surface area contributed by atoms with Crippen LogP contribution in [0.15, 0.2) is 22.8 Å². The molecule has 0 radical (unpaired) electrons. The lowest BCUT2D eigenvalue weighted by Crippen LogP contribution is -1.83. The molecule has 62 valence electrons. The molecule has 0 saturated carbocycles. The van der Waals surface area contributed by atoms with Crippen molar-refractivity contribution in [2.45, 2.75) is 13.8 Å². The summed E-state index contributed by atoms with van der Waals surface area (Å²) in [6.07, 6.45) is 0.705. The van der Waals surface area contributed by atoms with Gasteiger partial charge in [-0.2, -0.15) is 0 Å². The van der Waals surface area contributed by atoms with E-state index >= 15 is 0 Å². The molecular formula is C8H13OPS. The molecule has 0 aromatic rings. The van der Waals surface area contributed by atoms with Crippen LogP contribution in [0.4, 0.5) is 0 Å². The average Bonchev–Trinajstić information content (AvgIpc) is 2.08. The topological polar surface area (TPSA) is 9.23 Å². The zero-order chi connectivity index (χ0) is 8.48. The summed E-state index contributed by atoms with van der Waals surface area (Å²) in [6, 6.07) is -1.40. The fourth-order valence-electron chi connectivity index (χ4n) is 1.17. The third-order valence-electron chi connectivity index (χ3n) is 1.78. The lowest BCUT2D eigenvalue weighted by atomic mass is 10.2. The molecule has 1 nitrogen and oxygen atoms in total. The Kier molecular flexibility index (Phi) is 2.69. The highest BCUT2D eigenvalue weighted by Crippen LogP contribution is 2.55. The van der Waals surface area contributed by atoms with Gasteiger partial charge in [-0.3, -0.25) is 0 Å². The van der Waals surface area contributed by atoms with Crippen molar-refractivity contribution in [2.75, 3.05) is 13.5 Å². The van der Waals surface area contributed by atoms with Gasteiger partial charge < -0.3 is 4.74 Å². The highest BCUT2D eigenvalue weighted by atomic mass is 32.4. The molecule has 0 aliphatic carbocycles. The number of allylic oxidation sites excluding steroid dienone is 2. The average molecular weight is 188 g/mol. The van der Waals surface area contributed by atoms with Crippen LogP contribution in [0.5, 0.6) is 0 Å². The maximum absolute atomic E-state index is 5.45. The molecule has 0 bridgehead atoms. The smallest absolute Gasteiger partial charge is 0.0815 e. The molecule has 0 amide bonds. The van der Waals surface area contributed by atoms with Crippen LogP contribution in [0, 0.1) is 0 Å². The van der Waals surface area contributed by atoms with E-state index in [0.717, 1.165) is 0 Å². The van der Waals surface area contributed by atoms with Crippen molar-refractivity contribution in [3.8, 4) is 0 Å². The second-order valence-electron chi connectivity index (χ2n) is 2.90. The maximum atomic E-state index is 5.45. The van der Waals surface area contributed by atoms with E-state index < -0.39 is 6.04 Å². The highest BCUT2D eigenvalue weighted by Gasteiger charge is 2.17. The number of ether oxygens (including phenoxy) is 1. The first-order chi connectivity index (χ1) is 5.07. The standard InChI is InChI=1S/C8H13OPS/c1-7-4-10(11,6-9-3)5-8(7)2/h4-5H,6H2,1-3H3. The Morgan fingerprint density at radius 2 is 1.82 bits per heavy atom. The first-order valence-corrected chi connectivity index (χ1v) is 6.67. The quantitative estimate of drug-likeness (QED) is 0.616. The third kappa shape index (κ3) is 2.02. The van der Waals surface area contributed by atoms with Gasteiger partial charge in [-0.15, -0.1) is 0 Å². The Balaban J connectivity index is 2.88. The molecule has 0 aromatic carbocycles. The minimum atomic E-state index is -1.40. The summed E-state index contributed by atoms with van der Waals surface area (Å²) in [6.45, 7) is 4.21.